The molecular weight excluding hydrogens is 724 g/mol. The maximum absolute atomic E-state index is 12.4. The molecule has 0 saturated heterocycles. The number of nitrogens with two attached hydrogens (primary N) is 1. The minimum absolute atomic E-state index is 0. The van der Waals surface area contributed by atoms with Crippen molar-refractivity contribution in [2.24, 2.45) is 19.8 Å². The minimum atomic E-state index is -0.949. The number of aromatic carboxylic acids is 1. The highest BCUT2D eigenvalue weighted by Crippen LogP contribution is 2.41. The van der Waals surface area contributed by atoms with Crippen LogP contribution in [0.25, 0.3) is 22.9 Å². The van der Waals surface area contributed by atoms with Crippen molar-refractivity contribution in [3.63, 3.8) is 0 Å². The third kappa shape index (κ3) is 8.52. The number of carbonyl (C=O) groups excluding carboxylic acids is 1. The second kappa shape index (κ2) is 16.4. The Morgan fingerprint density at radius 2 is 1.25 bits per heavy atom. The number of hydrogen-bond donors (Lipinski definition) is 3. The number of fused-ring (bicyclic) bond motifs is 2. The molecule has 0 aliphatic heterocycles. The molecule has 4 heterocycles. The van der Waals surface area contributed by atoms with Gasteiger partial charge in [0, 0.05) is 55.5 Å². The molecule has 288 valence electrons. The second-order valence-electron chi connectivity index (χ2n) is 14.0. The van der Waals surface area contributed by atoms with E-state index < -0.39 is 5.97 Å². The molecule has 4 aliphatic carbocycles. The molecule has 0 radical (unpaired) electrons. The Morgan fingerprint density at radius 3 is 1.75 bits per heavy atom. The highest BCUT2D eigenvalue weighted by Gasteiger charge is 2.31. The van der Waals surface area contributed by atoms with Gasteiger partial charge in [-0.3, -0.25) is 14.2 Å². The van der Waals surface area contributed by atoms with Crippen molar-refractivity contribution >= 4 is 24.3 Å². The van der Waals surface area contributed by atoms with Crippen LogP contribution >= 0.6 is 12.4 Å². The number of halogens is 1. The third-order valence-electron chi connectivity index (χ3n) is 10.1. The Hall–Kier alpha value is -5.67. The van der Waals surface area contributed by atoms with E-state index in [1.807, 2.05) is 12.1 Å². The van der Waals surface area contributed by atoms with Crippen LogP contribution in [0.5, 0.6) is 0 Å². The van der Waals surface area contributed by atoms with Gasteiger partial charge in [-0.05, 0) is 110 Å². The van der Waals surface area contributed by atoms with Gasteiger partial charge in [-0.1, -0.05) is 29.9 Å². The van der Waals surface area contributed by atoms with Gasteiger partial charge < -0.3 is 25.2 Å². The molecule has 0 spiro atoms. The van der Waals surface area contributed by atoms with Gasteiger partial charge in [-0.25, -0.2) is 4.79 Å². The van der Waals surface area contributed by atoms with Gasteiger partial charge in [-0.15, -0.1) is 12.4 Å². The zero-order chi connectivity index (χ0) is 36.6. The minimum Gasteiger partial charge on any atom is -0.477 e. The molecule has 2 aromatic carbocycles. The lowest BCUT2D eigenvalue weighted by Crippen LogP contribution is -2.28. The first-order valence-corrected chi connectivity index (χ1v) is 17.9. The summed E-state index contributed by atoms with van der Waals surface area (Å²) in [5.74, 6) is 2.87. The standard InChI is InChI=1S/C19H19N5O2.C14H15N3O.C5H6N2O2.CH4.ClH/c1-24-16(8-9-20-24)18(25)21-15-7-5-12-10-13(4-6-14(12)15)19-22-17(23-26-19)11-2-3-11;15-12-6-4-9-7-10(3-5-11(9)12)14-16-13(17-18-14)8-1-2-8;1-7-4(5(8)9)2-3-6-7;;/h4,6,8-11,15H,2-3,5,7H2,1H3,(H,21,25);3,5,7-8,12H,1-2,4,6,15H2;2-3H,1H3,(H,8,9);1H4;1H/t15-;12-;;;/m11.../s1. The molecule has 10 rings (SSSR count). The van der Waals surface area contributed by atoms with Crippen LogP contribution in [0.1, 0.15) is 125 Å². The van der Waals surface area contributed by atoms with E-state index >= 15 is 0 Å². The zero-order valence-electron chi connectivity index (χ0n) is 29.9. The summed E-state index contributed by atoms with van der Waals surface area (Å²) >= 11 is 0. The fraction of sp³-hybridized carbons (Fsp3) is 0.385. The molecule has 16 heteroatoms. The summed E-state index contributed by atoms with van der Waals surface area (Å²) < 4.78 is 13.7. The maximum atomic E-state index is 12.4. The van der Waals surface area contributed by atoms with Crippen molar-refractivity contribution < 1.29 is 23.7 Å². The van der Waals surface area contributed by atoms with Crippen molar-refractivity contribution in [2.45, 2.75) is 82.7 Å². The largest absolute Gasteiger partial charge is 0.477 e. The van der Waals surface area contributed by atoms with Crippen molar-refractivity contribution in [3.05, 3.63) is 106 Å². The third-order valence-corrected chi connectivity index (χ3v) is 10.1. The molecule has 2 saturated carbocycles. The molecule has 0 bridgehead atoms. The van der Waals surface area contributed by atoms with E-state index in [2.05, 4.69) is 60.1 Å². The molecule has 1 amide bonds. The summed E-state index contributed by atoms with van der Waals surface area (Å²) in [7, 11) is 3.35. The van der Waals surface area contributed by atoms with E-state index in [4.69, 9.17) is 19.9 Å². The monoisotopic (exact) mass is 768 g/mol. The lowest BCUT2D eigenvalue weighted by Gasteiger charge is -2.14. The van der Waals surface area contributed by atoms with Gasteiger partial charge in [0.25, 0.3) is 17.7 Å². The summed E-state index contributed by atoms with van der Waals surface area (Å²) in [5, 5.41) is 27.4. The number of nitrogens with zero attached hydrogens (tertiary/aromatic N) is 8. The number of rotatable bonds is 7. The van der Waals surface area contributed by atoms with Gasteiger partial charge in [0.15, 0.2) is 11.6 Å². The van der Waals surface area contributed by atoms with Gasteiger partial charge in [0.1, 0.15) is 11.4 Å². The Kier molecular flexibility index (Phi) is 11.6. The van der Waals surface area contributed by atoms with Crippen LogP contribution in [-0.4, -0.2) is 56.8 Å². The highest BCUT2D eigenvalue weighted by molar-refractivity contribution is 5.92. The number of carboxylic acid groups (broad SMARTS) is 1. The van der Waals surface area contributed by atoms with Crippen LogP contribution in [0, 0.1) is 0 Å². The highest BCUT2D eigenvalue weighted by atomic mass is 35.5. The quantitative estimate of drug-likeness (QED) is 0.159. The van der Waals surface area contributed by atoms with Crippen molar-refractivity contribution in [2.75, 3.05) is 0 Å². The molecule has 0 unspecified atom stereocenters. The smallest absolute Gasteiger partial charge is 0.354 e. The number of aryl methyl sites for hydroxylation is 4. The van der Waals surface area contributed by atoms with Gasteiger partial charge in [0.05, 0.1) is 6.04 Å². The second-order valence-corrected chi connectivity index (χ2v) is 14.0. The van der Waals surface area contributed by atoms with E-state index in [0.29, 0.717) is 29.3 Å². The van der Waals surface area contributed by atoms with Gasteiger partial charge in [0.2, 0.25) is 0 Å². The molecule has 2 atom stereocenters. The number of hydrogen-bond acceptors (Lipinski definition) is 11. The number of nitrogens with one attached hydrogen (secondary N) is 1. The van der Waals surface area contributed by atoms with Crippen LogP contribution in [0.2, 0.25) is 0 Å². The summed E-state index contributed by atoms with van der Waals surface area (Å²) in [6.45, 7) is 0. The molecule has 55 heavy (non-hydrogen) atoms. The number of amides is 1. The van der Waals surface area contributed by atoms with E-state index in [9.17, 15) is 9.59 Å². The topological polar surface area (TPSA) is 206 Å². The first-order chi connectivity index (χ1) is 25.7. The van der Waals surface area contributed by atoms with E-state index in [1.54, 1.807) is 31.0 Å². The first-order valence-electron chi connectivity index (χ1n) is 17.9. The van der Waals surface area contributed by atoms with Gasteiger partial charge >= 0.3 is 5.97 Å². The predicted molar refractivity (Wildman–Crippen MR) is 205 cm³/mol. The molecule has 6 aromatic rings. The summed E-state index contributed by atoms with van der Waals surface area (Å²) in [6.07, 6.45) is 11.7. The van der Waals surface area contributed by atoms with Crippen LogP contribution in [0.15, 0.2) is 70.0 Å². The normalized spacial score (nSPS) is 17.7. The lowest BCUT2D eigenvalue weighted by molar-refractivity contribution is 0.0684. The average molecular weight is 769 g/mol. The Bertz CT molecular complexity index is 2280. The predicted octanol–water partition coefficient (Wildman–Crippen LogP) is 6.50. The fourth-order valence-electron chi connectivity index (χ4n) is 6.82. The number of aromatic nitrogens is 8. The summed E-state index contributed by atoms with van der Waals surface area (Å²) in [5.41, 5.74) is 13.7. The molecule has 4 N–H and O–H groups in total. The van der Waals surface area contributed by atoms with E-state index in [1.165, 1.54) is 46.5 Å². The molecule has 15 nitrogen and oxygen atoms in total. The van der Waals surface area contributed by atoms with Crippen molar-refractivity contribution in [1.82, 2.24) is 45.2 Å². The number of carboxylic acids is 1. The summed E-state index contributed by atoms with van der Waals surface area (Å²) in [6, 6.07) is 15.8. The summed E-state index contributed by atoms with van der Waals surface area (Å²) in [4.78, 5) is 31.7. The van der Waals surface area contributed by atoms with E-state index in [0.717, 1.165) is 66.9 Å². The number of carbonyl (C=O) groups is 2. The van der Waals surface area contributed by atoms with Crippen molar-refractivity contribution in [3.8, 4) is 22.9 Å². The van der Waals surface area contributed by atoms with Crippen molar-refractivity contribution in [1.29, 1.82) is 0 Å². The Labute approximate surface area is 324 Å². The first kappa shape index (κ1) is 39.0. The van der Waals surface area contributed by atoms with Crippen LogP contribution in [0.4, 0.5) is 0 Å². The lowest BCUT2D eigenvalue weighted by atomic mass is 10.0. The average Bonchev–Trinajstić information content (AvgIpc) is 3.71. The Balaban J connectivity index is 0.000000154. The maximum Gasteiger partial charge on any atom is 0.354 e. The molecule has 4 aromatic heterocycles. The Morgan fingerprint density at radius 1 is 0.745 bits per heavy atom. The molecular formula is C39H45ClN10O5. The van der Waals surface area contributed by atoms with Crippen LogP contribution in [-0.2, 0) is 26.9 Å². The fourth-order valence-corrected chi connectivity index (χ4v) is 6.82. The zero-order valence-corrected chi connectivity index (χ0v) is 30.7. The van der Waals surface area contributed by atoms with Crippen LogP contribution in [0.3, 0.4) is 0 Å². The van der Waals surface area contributed by atoms with Crippen LogP contribution < -0.4 is 11.1 Å². The SMILES string of the molecule is C.Cl.Cn1nccc1C(=O)N[C@@H]1CCc2cc(-c3nc(C4CC4)no3)ccc21.Cn1nccc1C(=O)O.N[C@@H]1CCc2cc(-c3nc(C4CC4)no3)ccc21. The number of benzene rings is 2. The molecule has 4 aliphatic rings. The molecule has 2 fully saturated rings. The van der Waals surface area contributed by atoms with E-state index in [-0.39, 0.29) is 43.5 Å². The van der Waals surface area contributed by atoms with Gasteiger partial charge in [-0.2, -0.15) is 20.2 Å².